The Morgan fingerprint density at radius 2 is 1.75 bits per heavy atom. The fourth-order valence-corrected chi connectivity index (χ4v) is 1.92. The number of ether oxygens (including phenoxy) is 1. The Hall–Kier alpha value is -2.50. The van der Waals surface area contributed by atoms with Gasteiger partial charge in [0.25, 0.3) is 0 Å². The van der Waals surface area contributed by atoms with Gasteiger partial charge in [-0.15, -0.1) is 0 Å². The van der Waals surface area contributed by atoms with Gasteiger partial charge in [0.05, 0.1) is 12.7 Å². The van der Waals surface area contributed by atoms with Crippen LogP contribution in [0.5, 0.6) is 5.75 Å². The predicted octanol–water partition coefficient (Wildman–Crippen LogP) is 3.48. The van der Waals surface area contributed by atoms with Crippen LogP contribution in [-0.2, 0) is 0 Å². The number of aromatic carboxylic acids is 1. The number of hydrogen-bond donors (Lipinski definition) is 1. The van der Waals surface area contributed by atoms with E-state index < -0.39 is 29.0 Å². The summed E-state index contributed by atoms with van der Waals surface area (Å²) in [6.07, 6.45) is 0. The summed E-state index contributed by atoms with van der Waals surface area (Å²) in [7, 11) is 1.19. The van der Waals surface area contributed by atoms with Crippen molar-refractivity contribution in [3.05, 3.63) is 53.3 Å². The normalized spacial score (nSPS) is 10.4. The van der Waals surface area contributed by atoms with Crippen molar-refractivity contribution in [1.29, 1.82) is 0 Å². The van der Waals surface area contributed by atoms with Crippen LogP contribution in [0.25, 0.3) is 11.1 Å². The fourth-order valence-electron chi connectivity index (χ4n) is 1.92. The Kier molecular flexibility index (Phi) is 3.65. The topological polar surface area (TPSA) is 46.5 Å². The number of rotatable bonds is 3. The number of benzene rings is 2. The number of methoxy groups -OCH3 is 1. The van der Waals surface area contributed by atoms with Crippen LogP contribution in [0.3, 0.4) is 0 Å². The molecule has 0 unspecified atom stereocenters. The first-order valence-electron chi connectivity index (χ1n) is 5.51. The molecule has 0 spiro atoms. The largest absolute Gasteiger partial charge is 0.495 e. The van der Waals surface area contributed by atoms with Gasteiger partial charge in [-0.1, -0.05) is 12.1 Å². The van der Waals surface area contributed by atoms with Gasteiger partial charge in [-0.3, -0.25) is 0 Å². The first-order valence-corrected chi connectivity index (χ1v) is 5.51. The molecule has 0 amide bonds. The molecular weight excluding hydrogens is 273 g/mol. The highest BCUT2D eigenvalue weighted by molar-refractivity contribution is 5.94. The van der Waals surface area contributed by atoms with E-state index in [0.29, 0.717) is 12.1 Å². The van der Waals surface area contributed by atoms with Crippen molar-refractivity contribution < 1.29 is 27.8 Å². The van der Waals surface area contributed by atoms with E-state index in [0.717, 1.165) is 0 Å². The van der Waals surface area contributed by atoms with Crippen LogP contribution >= 0.6 is 0 Å². The molecule has 1 N–H and O–H groups in total. The molecule has 0 aliphatic heterocycles. The van der Waals surface area contributed by atoms with Gasteiger partial charge in [-0.2, -0.15) is 0 Å². The van der Waals surface area contributed by atoms with Crippen molar-refractivity contribution in [2.75, 3.05) is 7.11 Å². The highest BCUT2D eigenvalue weighted by Crippen LogP contribution is 2.36. The van der Waals surface area contributed by atoms with E-state index in [1.807, 2.05) is 0 Å². The Morgan fingerprint density at radius 3 is 2.25 bits per heavy atom. The molecular formula is C14H9F3O3. The number of carbonyl (C=O) groups is 1. The lowest BCUT2D eigenvalue weighted by Gasteiger charge is -2.12. The maximum atomic E-state index is 13.8. The molecule has 0 radical (unpaired) electrons. The monoisotopic (exact) mass is 282 g/mol. The second-order valence-electron chi connectivity index (χ2n) is 3.94. The summed E-state index contributed by atoms with van der Waals surface area (Å²) >= 11 is 0. The minimum atomic E-state index is -1.30. The average Bonchev–Trinajstić information content (AvgIpc) is 2.37. The second-order valence-corrected chi connectivity index (χ2v) is 3.94. The molecule has 2 rings (SSSR count). The molecule has 3 nitrogen and oxygen atoms in total. The molecule has 0 aromatic heterocycles. The van der Waals surface area contributed by atoms with E-state index in [-0.39, 0.29) is 16.9 Å². The maximum absolute atomic E-state index is 13.8. The molecule has 104 valence electrons. The highest BCUT2D eigenvalue weighted by atomic mass is 19.1. The summed E-state index contributed by atoms with van der Waals surface area (Å²) in [5, 5.41) is 9.02. The Bertz CT molecular complexity index is 660. The molecule has 0 aliphatic carbocycles. The van der Waals surface area contributed by atoms with Crippen LogP contribution in [0.15, 0.2) is 30.3 Å². The number of carboxylic acids is 1. The van der Waals surface area contributed by atoms with Crippen molar-refractivity contribution in [2.45, 2.75) is 0 Å². The van der Waals surface area contributed by atoms with Crippen LogP contribution in [-0.4, -0.2) is 18.2 Å². The SMILES string of the molecule is COc1c(C(=O)O)cccc1-c1c(F)cc(F)cc1F. The molecule has 6 heteroatoms. The summed E-state index contributed by atoms with van der Waals surface area (Å²) in [6, 6.07) is 4.90. The lowest BCUT2D eigenvalue weighted by atomic mass is 10.00. The molecule has 2 aromatic carbocycles. The summed E-state index contributed by atoms with van der Waals surface area (Å²) in [4.78, 5) is 11.1. The van der Waals surface area contributed by atoms with Crippen LogP contribution < -0.4 is 4.74 Å². The summed E-state index contributed by atoms with van der Waals surface area (Å²) in [5.74, 6) is -4.82. The maximum Gasteiger partial charge on any atom is 0.339 e. The Labute approximate surface area is 112 Å². The standard InChI is InChI=1S/C14H9F3O3/c1-20-13-8(3-2-4-9(13)14(18)19)12-10(16)5-7(15)6-11(12)17/h2-6H,1H3,(H,18,19). The van der Waals surface area contributed by atoms with Crippen LogP contribution in [0.1, 0.15) is 10.4 Å². The lowest BCUT2D eigenvalue weighted by molar-refractivity contribution is 0.0693. The van der Waals surface area contributed by atoms with Crippen molar-refractivity contribution in [1.82, 2.24) is 0 Å². The second kappa shape index (κ2) is 5.24. The van der Waals surface area contributed by atoms with Gasteiger partial charge in [0.15, 0.2) is 0 Å². The van der Waals surface area contributed by atoms with Crippen LogP contribution in [0.2, 0.25) is 0 Å². The zero-order chi connectivity index (χ0) is 14.9. The van der Waals surface area contributed by atoms with Crippen molar-refractivity contribution in [3.63, 3.8) is 0 Å². The predicted molar refractivity (Wildman–Crippen MR) is 65.3 cm³/mol. The number of carboxylic acid groups (broad SMARTS) is 1. The molecule has 2 aromatic rings. The minimum Gasteiger partial charge on any atom is -0.495 e. The highest BCUT2D eigenvalue weighted by Gasteiger charge is 2.21. The van der Waals surface area contributed by atoms with Gasteiger partial charge < -0.3 is 9.84 Å². The van der Waals surface area contributed by atoms with E-state index in [2.05, 4.69) is 0 Å². The van der Waals surface area contributed by atoms with Crippen molar-refractivity contribution >= 4 is 5.97 Å². The zero-order valence-corrected chi connectivity index (χ0v) is 10.3. The summed E-state index contributed by atoms with van der Waals surface area (Å²) in [6.45, 7) is 0. The summed E-state index contributed by atoms with van der Waals surface area (Å²) in [5.41, 5.74) is -0.873. The molecule has 0 bridgehead atoms. The zero-order valence-electron chi connectivity index (χ0n) is 10.3. The Morgan fingerprint density at radius 1 is 1.15 bits per heavy atom. The third-order valence-electron chi connectivity index (χ3n) is 2.73. The van der Waals surface area contributed by atoms with Crippen LogP contribution in [0, 0.1) is 17.5 Å². The smallest absolute Gasteiger partial charge is 0.339 e. The van der Waals surface area contributed by atoms with Gasteiger partial charge in [-0.05, 0) is 6.07 Å². The Balaban J connectivity index is 2.77. The van der Waals surface area contributed by atoms with Gasteiger partial charge in [0.1, 0.15) is 28.8 Å². The summed E-state index contributed by atoms with van der Waals surface area (Å²) < 4.78 is 45.4. The first kappa shape index (κ1) is 13.9. The minimum absolute atomic E-state index is 0.0950. The fraction of sp³-hybridized carbons (Fsp3) is 0.0714. The van der Waals surface area contributed by atoms with E-state index >= 15 is 0 Å². The number of halogens is 3. The van der Waals surface area contributed by atoms with E-state index in [4.69, 9.17) is 9.84 Å². The van der Waals surface area contributed by atoms with E-state index in [1.165, 1.54) is 25.3 Å². The van der Waals surface area contributed by atoms with Crippen molar-refractivity contribution in [2.24, 2.45) is 0 Å². The quantitative estimate of drug-likeness (QED) is 0.937. The van der Waals surface area contributed by atoms with Gasteiger partial charge in [0, 0.05) is 17.7 Å². The van der Waals surface area contributed by atoms with E-state index in [9.17, 15) is 18.0 Å². The molecule has 0 saturated heterocycles. The molecule has 0 fully saturated rings. The molecule has 0 atom stereocenters. The lowest BCUT2D eigenvalue weighted by Crippen LogP contribution is -2.03. The third-order valence-corrected chi connectivity index (χ3v) is 2.73. The van der Waals surface area contributed by atoms with Crippen LogP contribution in [0.4, 0.5) is 13.2 Å². The third kappa shape index (κ3) is 2.32. The van der Waals surface area contributed by atoms with Gasteiger partial charge in [0.2, 0.25) is 0 Å². The molecule has 0 aliphatic rings. The number of para-hydroxylation sites is 1. The van der Waals surface area contributed by atoms with Gasteiger partial charge in [-0.25, -0.2) is 18.0 Å². The van der Waals surface area contributed by atoms with Gasteiger partial charge >= 0.3 is 5.97 Å². The molecule has 0 heterocycles. The number of hydrogen-bond acceptors (Lipinski definition) is 2. The molecule has 0 saturated carbocycles. The average molecular weight is 282 g/mol. The van der Waals surface area contributed by atoms with E-state index in [1.54, 1.807) is 0 Å². The van der Waals surface area contributed by atoms with Crippen molar-refractivity contribution in [3.8, 4) is 16.9 Å². The molecule has 20 heavy (non-hydrogen) atoms. The first-order chi connectivity index (χ1) is 9.45.